The molecule has 1 N–H and O–H groups in total. The van der Waals surface area contributed by atoms with Gasteiger partial charge in [0.15, 0.2) is 5.69 Å². The van der Waals surface area contributed by atoms with Crippen molar-refractivity contribution in [3.8, 4) is 23.0 Å². The van der Waals surface area contributed by atoms with E-state index in [1.807, 2.05) is 61.5 Å². The van der Waals surface area contributed by atoms with Gasteiger partial charge in [0.25, 0.3) is 0 Å². The zero-order chi connectivity index (χ0) is 28.6. The summed E-state index contributed by atoms with van der Waals surface area (Å²) in [6.07, 6.45) is -4.50. The number of alkyl halides is 3. The topological polar surface area (TPSA) is 66.5 Å². The second-order valence-corrected chi connectivity index (χ2v) is 10.1. The minimum atomic E-state index is -4.50. The molecule has 40 heavy (non-hydrogen) atoms. The SMILES string of the molecule is Cc1cc(C(F)(F)F)nn1-c1ccc([C@@H](C)Nc2nc(-c3ccccc3C(C)C)c(C#N)c3ccccc23)cc1. The molecule has 0 unspecified atom stereocenters. The Kier molecular flexibility index (Phi) is 7.07. The van der Waals surface area contributed by atoms with E-state index >= 15 is 0 Å². The molecule has 0 spiro atoms. The first kappa shape index (κ1) is 26.9. The first-order valence-electron chi connectivity index (χ1n) is 13.0. The van der Waals surface area contributed by atoms with Gasteiger partial charge in [0.05, 0.1) is 16.9 Å². The Morgan fingerprint density at radius 1 is 0.900 bits per heavy atom. The predicted octanol–water partition coefficient (Wildman–Crippen LogP) is 8.58. The van der Waals surface area contributed by atoms with Gasteiger partial charge in [-0.3, -0.25) is 0 Å². The van der Waals surface area contributed by atoms with Gasteiger partial charge in [0.1, 0.15) is 11.9 Å². The molecule has 202 valence electrons. The van der Waals surface area contributed by atoms with E-state index in [2.05, 4.69) is 36.4 Å². The summed E-state index contributed by atoms with van der Waals surface area (Å²) in [5.41, 5.74) is 4.13. The summed E-state index contributed by atoms with van der Waals surface area (Å²) >= 11 is 0. The van der Waals surface area contributed by atoms with Crippen LogP contribution in [0.1, 0.15) is 60.8 Å². The smallest absolute Gasteiger partial charge is 0.363 e. The lowest BCUT2D eigenvalue weighted by atomic mass is 9.92. The Hall–Kier alpha value is -4.64. The molecule has 5 nitrogen and oxygen atoms in total. The number of nitriles is 1. The van der Waals surface area contributed by atoms with E-state index in [0.29, 0.717) is 28.5 Å². The Bertz CT molecular complexity index is 1730. The molecule has 0 aliphatic carbocycles. The van der Waals surface area contributed by atoms with Crippen LogP contribution in [0, 0.1) is 18.3 Å². The van der Waals surface area contributed by atoms with E-state index in [9.17, 15) is 18.4 Å². The number of hydrogen-bond acceptors (Lipinski definition) is 4. The summed E-state index contributed by atoms with van der Waals surface area (Å²) in [4.78, 5) is 5.00. The summed E-state index contributed by atoms with van der Waals surface area (Å²) in [7, 11) is 0. The molecule has 3 aromatic carbocycles. The highest BCUT2D eigenvalue weighted by Gasteiger charge is 2.34. The van der Waals surface area contributed by atoms with E-state index in [4.69, 9.17) is 4.98 Å². The quantitative estimate of drug-likeness (QED) is 0.235. The molecule has 2 aromatic heterocycles. The maximum atomic E-state index is 13.1. The van der Waals surface area contributed by atoms with Gasteiger partial charge in [-0.1, -0.05) is 74.5 Å². The Morgan fingerprint density at radius 2 is 1.55 bits per heavy atom. The second kappa shape index (κ2) is 10.5. The Morgan fingerprint density at radius 3 is 2.17 bits per heavy atom. The fourth-order valence-electron chi connectivity index (χ4n) is 4.96. The molecule has 5 aromatic rings. The average molecular weight is 540 g/mol. The highest BCUT2D eigenvalue weighted by Crippen LogP contribution is 2.37. The van der Waals surface area contributed by atoms with Gasteiger partial charge in [-0.15, -0.1) is 0 Å². The van der Waals surface area contributed by atoms with Crippen LogP contribution in [0.3, 0.4) is 0 Å². The molecule has 0 saturated heterocycles. The van der Waals surface area contributed by atoms with Crippen LogP contribution in [0.15, 0.2) is 78.9 Å². The van der Waals surface area contributed by atoms with Crippen molar-refractivity contribution in [2.75, 3.05) is 5.32 Å². The van der Waals surface area contributed by atoms with Crippen LogP contribution < -0.4 is 5.32 Å². The average Bonchev–Trinajstić information content (AvgIpc) is 3.35. The zero-order valence-electron chi connectivity index (χ0n) is 22.6. The number of benzene rings is 3. The predicted molar refractivity (Wildman–Crippen MR) is 151 cm³/mol. The van der Waals surface area contributed by atoms with E-state index in [1.165, 1.54) is 4.68 Å². The lowest BCUT2D eigenvalue weighted by Gasteiger charge is -2.20. The number of rotatable bonds is 6. The van der Waals surface area contributed by atoms with Crippen molar-refractivity contribution >= 4 is 16.6 Å². The summed E-state index contributed by atoms with van der Waals surface area (Å²) in [5.74, 6) is 0.896. The van der Waals surface area contributed by atoms with Crippen molar-refractivity contribution in [3.05, 3.63) is 107 Å². The lowest BCUT2D eigenvalue weighted by molar-refractivity contribution is -0.141. The summed E-state index contributed by atoms with van der Waals surface area (Å²) in [6, 6.07) is 26.2. The standard InChI is InChI=1S/C32H28F3N5/c1-19(2)24-9-5-7-11-26(24)30-28(18-36)25-10-6-8-12-27(25)31(38-30)37-21(4)22-13-15-23(16-14-22)40-20(3)17-29(39-40)32(33,34)35/h5-17,19,21H,1-4H3,(H,37,38)/t21-/m1/s1. The number of anilines is 1. The molecule has 0 bridgehead atoms. The fourth-order valence-corrected chi connectivity index (χ4v) is 4.96. The van der Waals surface area contributed by atoms with Crippen molar-refractivity contribution in [1.29, 1.82) is 5.26 Å². The van der Waals surface area contributed by atoms with Crippen molar-refractivity contribution in [2.24, 2.45) is 0 Å². The molecule has 1 atom stereocenters. The number of pyridine rings is 1. The van der Waals surface area contributed by atoms with Gasteiger partial charge in [-0.25, -0.2) is 9.67 Å². The Balaban J connectivity index is 1.53. The third kappa shape index (κ3) is 5.03. The molecular weight excluding hydrogens is 511 g/mol. The molecule has 0 aliphatic rings. The van der Waals surface area contributed by atoms with E-state index in [0.717, 1.165) is 33.5 Å². The van der Waals surface area contributed by atoms with E-state index < -0.39 is 11.9 Å². The fraction of sp³-hybridized carbons (Fsp3) is 0.219. The van der Waals surface area contributed by atoms with Crippen LogP contribution in [0.25, 0.3) is 27.7 Å². The molecule has 0 aliphatic heterocycles. The first-order valence-corrected chi connectivity index (χ1v) is 13.0. The van der Waals surface area contributed by atoms with Crippen LogP contribution in [-0.2, 0) is 6.18 Å². The maximum Gasteiger partial charge on any atom is 0.435 e. The molecule has 0 saturated carbocycles. The Labute approximate surface area is 230 Å². The monoisotopic (exact) mass is 539 g/mol. The van der Waals surface area contributed by atoms with Crippen molar-refractivity contribution in [3.63, 3.8) is 0 Å². The maximum absolute atomic E-state index is 13.1. The highest BCUT2D eigenvalue weighted by molar-refractivity contribution is 6.00. The van der Waals surface area contributed by atoms with Crippen molar-refractivity contribution < 1.29 is 13.2 Å². The molecule has 5 rings (SSSR count). The van der Waals surface area contributed by atoms with Gasteiger partial charge in [0, 0.05) is 28.1 Å². The number of halogens is 3. The van der Waals surface area contributed by atoms with Gasteiger partial charge < -0.3 is 5.32 Å². The zero-order valence-corrected chi connectivity index (χ0v) is 22.6. The number of fused-ring (bicyclic) bond motifs is 1. The summed E-state index contributed by atoms with van der Waals surface area (Å²) in [6.45, 7) is 7.82. The molecule has 8 heteroatoms. The first-order chi connectivity index (χ1) is 19.1. The van der Waals surface area contributed by atoms with Crippen LogP contribution in [0.5, 0.6) is 0 Å². The van der Waals surface area contributed by atoms with Crippen molar-refractivity contribution in [1.82, 2.24) is 14.8 Å². The third-order valence-corrected chi connectivity index (χ3v) is 7.03. The number of hydrogen-bond donors (Lipinski definition) is 1. The van der Waals surface area contributed by atoms with E-state index in [-0.39, 0.29) is 12.0 Å². The molecule has 0 fully saturated rings. The van der Waals surface area contributed by atoms with E-state index in [1.54, 1.807) is 19.1 Å². The number of aryl methyl sites for hydroxylation is 1. The largest absolute Gasteiger partial charge is 0.435 e. The molecule has 0 amide bonds. The summed E-state index contributed by atoms with van der Waals surface area (Å²) < 4.78 is 40.7. The van der Waals surface area contributed by atoms with Crippen LogP contribution in [0.4, 0.5) is 19.0 Å². The van der Waals surface area contributed by atoms with Crippen LogP contribution in [-0.4, -0.2) is 14.8 Å². The van der Waals surface area contributed by atoms with Crippen LogP contribution in [0.2, 0.25) is 0 Å². The van der Waals surface area contributed by atoms with Gasteiger partial charge >= 0.3 is 6.18 Å². The normalized spacial score (nSPS) is 12.5. The molecular formula is C32H28F3N5. The van der Waals surface area contributed by atoms with Gasteiger partial charge in [-0.2, -0.15) is 23.5 Å². The molecule has 0 radical (unpaired) electrons. The number of nitrogens with one attached hydrogen (secondary N) is 1. The van der Waals surface area contributed by atoms with Gasteiger partial charge in [-0.05, 0) is 49.1 Å². The highest BCUT2D eigenvalue weighted by atomic mass is 19.4. The minimum Gasteiger partial charge on any atom is -0.363 e. The number of nitrogens with zero attached hydrogens (tertiary/aromatic N) is 4. The van der Waals surface area contributed by atoms with Crippen LogP contribution >= 0.6 is 0 Å². The minimum absolute atomic E-state index is 0.185. The molecule has 2 heterocycles. The lowest BCUT2D eigenvalue weighted by Crippen LogP contribution is -2.10. The van der Waals surface area contributed by atoms with Gasteiger partial charge in [0.2, 0.25) is 0 Å². The third-order valence-electron chi connectivity index (χ3n) is 7.03. The van der Waals surface area contributed by atoms with Crippen molar-refractivity contribution in [2.45, 2.75) is 45.8 Å². The second-order valence-electron chi connectivity index (χ2n) is 10.1. The number of aromatic nitrogens is 3. The summed E-state index contributed by atoms with van der Waals surface area (Å²) in [5, 5.41) is 19.1.